The van der Waals surface area contributed by atoms with Crippen molar-refractivity contribution in [2.45, 2.75) is 32.6 Å². The molecule has 1 aromatic rings. The third kappa shape index (κ3) is 3.17. The Morgan fingerprint density at radius 1 is 1.29 bits per heavy atom. The van der Waals surface area contributed by atoms with Gasteiger partial charge in [0, 0.05) is 13.6 Å². The Bertz CT molecular complexity index is 568. The molecule has 1 unspecified atom stereocenters. The molecule has 0 saturated heterocycles. The molecule has 5 heteroatoms. The number of carboxylic acids is 1. The molecule has 0 aliphatic heterocycles. The summed E-state index contributed by atoms with van der Waals surface area (Å²) in [5.74, 6) is -1.86. The van der Waals surface area contributed by atoms with Gasteiger partial charge in [-0.1, -0.05) is 13.0 Å². The zero-order chi connectivity index (χ0) is 15.6. The van der Waals surface area contributed by atoms with E-state index in [0.29, 0.717) is 0 Å². The third-order valence-electron chi connectivity index (χ3n) is 4.05. The summed E-state index contributed by atoms with van der Waals surface area (Å²) in [5.41, 5.74) is 2.24. The number of aliphatic carboxylic acids is 1. The van der Waals surface area contributed by atoms with E-state index in [0.717, 1.165) is 36.8 Å². The fraction of sp³-hybridized carbons (Fsp3) is 0.500. The Labute approximate surface area is 124 Å². The van der Waals surface area contributed by atoms with Crippen LogP contribution >= 0.6 is 0 Å². The smallest absolute Gasteiger partial charge is 0.308 e. The van der Waals surface area contributed by atoms with Gasteiger partial charge in [-0.25, -0.2) is 0 Å². The Morgan fingerprint density at radius 2 is 1.95 bits per heavy atom. The van der Waals surface area contributed by atoms with Crippen molar-refractivity contribution in [3.8, 4) is 5.75 Å². The Hall–Kier alpha value is -2.04. The number of phenolic OH excluding ortho intramolecular Hbond substituents is 1. The average molecular weight is 291 g/mol. The molecule has 0 heterocycles. The topological polar surface area (TPSA) is 77.8 Å². The minimum Gasteiger partial charge on any atom is -0.507 e. The lowest BCUT2D eigenvalue weighted by Gasteiger charge is -2.23. The zero-order valence-electron chi connectivity index (χ0n) is 12.4. The number of rotatable bonds is 4. The first kappa shape index (κ1) is 15.4. The summed E-state index contributed by atoms with van der Waals surface area (Å²) < 4.78 is 0. The van der Waals surface area contributed by atoms with E-state index in [9.17, 15) is 14.7 Å². The molecule has 2 N–H and O–H groups in total. The maximum Gasteiger partial charge on any atom is 0.308 e. The van der Waals surface area contributed by atoms with Gasteiger partial charge in [-0.3, -0.25) is 9.59 Å². The van der Waals surface area contributed by atoms with E-state index >= 15 is 0 Å². The molecule has 0 saturated carbocycles. The molecular formula is C16H21NO4. The number of fused-ring (bicyclic) bond motifs is 1. The number of carbonyl (C=O) groups is 2. The minimum absolute atomic E-state index is 0.0621. The number of amides is 1. The summed E-state index contributed by atoms with van der Waals surface area (Å²) >= 11 is 0. The van der Waals surface area contributed by atoms with E-state index < -0.39 is 11.9 Å². The lowest BCUT2D eigenvalue weighted by molar-refractivity contribution is -0.141. The molecule has 5 nitrogen and oxygen atoms in total. The van der Waals surface area contributed by atoms with Gasteiger partial charge in [0.2, 0.25) is 0 Å². The highest BCUT2D eigenvalue weighted by Crippen LogP contribution is 2.32. The van der Waals surface area contributed by atoms with Gasteiger partial charge in [-0.2, -0.15) is 0 Å². The summed E-state index contributed by atoms with van der Waals surface area (Å²) in [7, 11) is 1.56. The molecule has 1 amide bonds. The molecular weight excluding hydrogens is 270 g/mol. The van der Waals surface area contributed by atoms with Gasteiger partial charge in [0.1, 0.15) is 5.75 Å². The number of phenols is 1. The van der Waals surface area contributed by atoms with Crippen LogP contribution in [0.2, 0.25) is 0 Å². The number of benzene rings is 1. The zero-order valence-corrected chi connectivity index (χ0v) is 12.4. The molecule has 1 atom stereocenters. The molecule has 0 bridgehead atoms. The van der Waals surface area contributed by atoms with Crippen molar-refractivity contribution >= 4 is 11.9 Å². The van der Waals surface area contributed by atoms with E-state index in [1.54, 1.807) is 20.0 Å². The van der Waals surface area contributed by atoms with E-state index in [4.69, 9.17) is 5.11 Å². The van der Waals surface area contributed by atoms with Crippen molar-refractivity contribution in [3.63, 3.8) is 0 Å². The molecule has 0 fully saturated rings. The lowest BCUT2D eigenvalue weighted by Crippen LogP contribution is -2.33. The number of aromatic hydroxyl groups is 1. The van der Waals surface area contributed by atoms with Crippen molar-refractivity contribution < 1.29 is 19.8 Å². The highest BCUT2D eigenvalue weighted by Gasteiger charge is 2.23. The number of aryl methyl sites for hydroxylation is 1. The van der Waals surface area contributed by atoms with Crippen LogP contribution in [0.1, 0.15) is 41.3 Å². The van der Waals surface area contributed by atoms with Gasteiger partial charge < -0.3 is 15.1 Å². The van der Waals surface area contributed by atoms with E-state index in [-0.39, 0.29) is 23.8 Å². The number of nitrogens with zero attached hydrogens (tertiary/aromatic N) is 1. The van der Waals surface area contributed by atoms with Crippen molar-refractivity contribution in [1.82, 2.24) is 4.90 Å². The molecule has 2 rings (SSSR count). The molecule has 1 aliphatic rings. The summed E-state index contributed by atoms with van der Waals surface area (Å²) in [6, 6.07) is 3.54. The summed E-state index contributed by atoms with van der Waals surface area (Å²) in [6.07, 6.45) is 3.85. The van der Waals surface area contributed by atoms with Crippen LogP contribution in [-0.4, -0.2) is 40.6 Å². The fourth-order valence-corrected chi connectivity index (χ4v) is 2.76. The van der Waals surface area contributed by atoms with Gasteiger partial charge in [0.15, 0.2) is 0 Å². The van der Waals surface area contributed by atoms with Crippen LogP contribution in [0, 0.1) is 5.92 Å². The van der Waals surface area contributed by atoms with E-state index in [2.05, 4.69) is 0 Å². The van der Waals surface area contributed by atoms with Crippen molar-refractivity contribution in [2.75, 3.05) is 13.6 Å². The normalized spacial score (nSPS) is 15.1. The fourth-order valence-electron chi connectivity index (χ4n) is 2.76. The SMILES string of the molecule is CC(CN(C)C(=O)c1ccc2c(c1O)CCCC2)C(=O)O. The third-order valence-corrected chi connectivity index (χ3v) is 4.05. The second kappa shape index (κ2) is 6.16. The molecule has 1 aliphatic carbocycles. The number of hydrogen-bond acceptors (Lipinski definition) is 3. The van der Waals surface area contributed by atoms with Crippen molar-refractivity contribution in [1.29, 1.82) is 0 Å². The molecule has 0 aromatic heterocycles. The second-order valence-corrected chi connectivity index (χ2v) is 5.73. The second-order valence-electron chi connectivity index (χ2n) is 5.73. The van der Waals surface area contributed by atoms with Gasteiger partial charge in [0.05, 0.1) is 11.5 Å². The minimum atomic E-state index is -0.940. The van der Waals surface area contributed by atoms with Crippen LogP contribution in [0.4, 0.5) is 0 Å². The Balaban J connectivity index is 2.21. The maximum absolute atomic E-state index is 12.4. The Kier molecular flexibility index (Phi) is 4.50. The first-order valence-corrected chi connectivity index (χ1v) is 7.23. The standard InChI is InChI=1S/C16H21NO4/c1-10(16(20)21)9-17(2)15(19)13-8-7-11-5-3-4-6-12(11)14(13)18/h7-8,10,18H,3-6,9H2,1-2H3,(H,20,21). The van der Waals surface area contributed by atoms with E-state index in [1.807, 2.05) is 6.07 Å². The van der Waals surface area contributed by atoms with Crippen LogP contribution in [0.5, 0.6) is 5.75 Å². The highest BCUT2D eigenvalue weighted by molar-refractivity contribution is 5.97. The molecule has 114 valence electrons. The molecule has 21 heavy (non-hydrogen) atoms. The van der Waals surface area contributed by atoms with Crippen LogP contribution in [-0.2, 0) is 17.6 Å². The van der Waals surface area contributed by atoms with Crippen LogP contribution in [0.3, 0.4) is 0 Å². The van der Waals surface area contributed by atoms with Crippen LogP contribution in [0.15, 0.2) is 12.1 Å². The lowest BCUT2D eigenvalue weighted by atomic mass is 9.89. The first-order valence-electron chi connectivity index (χ1n) is 7.23. The largest absolute Gasteiger partial charge is 0.507 e. The Morgan fingerprint density at radius 3 is 2.62 bits per heavy atom. The van der Waals surface area contributed by atoms with Gasteiger partial charge in [-0.05, 0) is 42.9 Å². The molecule has 0 radical (unpaired) electrons. The van der Waals surface area contributed by atoms with Gasteiger partial charge in [0.25, 0.3) is 5.91 Å². The first-order chi connectivity index (χ1) is 9.91. The van der Waals surface area contributed by atoms with E-state index in [1.165, 1.54) is 4.90 Å². The predicted octanol–water partition coefficient (Wildman–Crippen LogP) is 2.06. The predicted molar refractivity (Wildman–Crippen MR) is 78.5 cm³/mol. The maximum atomic E-state index is 12.4. The summed E-state index contributed by atoms with van der Waals surface area (Å²) in [6.45, 7) is 1.67. The highest BCUT2D eigenvalue weighted by atomic mass is 16.4. The number of hydrogen-bond donors (Lipinski definition) is 2. The van der Waals surface area contributed by atoms with Crippen LogP contribution in [0.25, 0.3) is 0 Å². The molecule has 0 spiro atoms. The molecule has 1 aromatic carbocycles. The van der Waals surface area contributed by atoms with Crippen LogP contribution < -0.4 is 0 Å². The quantitative estimate of drug-likeness (QED) is 0.890. The number of carboxylic acid groups (broad SMARTS) is 1. The van der Waals surface area contributed by atoms with Gasteiger partial charge >= 0.3 is 5.97 Å². The summed E-state index contributed by atoms with van der Waals surface area (Å²) in [5, 5.41) is 19.2. The van der Waals surface area contributed by atoms with Crippen molar-refractivity contribution in [3.05, 3.63) is 28.8 Å². The van der Waals surface area contributed by atoms with Crippen molar-refractivity contribution in [2.24, 2.45) is 5.92 Å². The number of carbonyl (C=O) groups excluding carboxylic acids is 1. The average Bonchev–Trinajstić information content (AvgIpc) is 2.47. The monoisotopic (exact) mass is 291 g/mol. The van der Waals surface area contributed by atoms with Gasteiger partial charge in [-0.15, -0.1) is 0 Å². The summed E-state index contributed by atoms with van der Waals surface area (Å²) in [4.78, 5) is 24.6.